The largest absolute Gasteiger partial charge is 0.490 e. The van der Waals surface area contributed by atoms with E-state index in [0.29, 0.717) is 31.1 Å². The van der Waals surface area contributed by atoms with Gasteiger partial charge < -0.3 is 20.1 Å². The Balaban J connectivity index is 0.000000405. The van der Waals surface area contributed by atoms with E-state index < -0.39 is 24.1 Å². The zero-order valence-electron chi connectivity index (χ0n) is 19.3. The van der Waals surface area contributed by atoms with Gasteiger partial charge in [-0.05, 0) is 36.6 Å². The first-order chi connectivity index (χ1) is 17.5. The molecule has 2 saturated heterocycles. The monoisotopic (exact) mass is 524 g/mol. The number of halogens is 3. The number of nitrogens with zero attached hydrogens (tertiary/aromatic N) is 4. The van der Waals surface area contributed by atoms with E-state index in [1.165, 1.54) is 4.90 Å². The number of rotatable bonds is 5. The van der Waals surface area contributed by atoms with Gasteiger partial charge in [0.1, 0.15) is 6.04 Å². The Kier molecular flexibility index (Phi) is 7.54. The summed E-state index contributed by atoms with van der Waals surface area (Å²) in [5.74, 6) is -3.64. The zero-order chi connectivity index (χ0) is 26.7. The third-order valence-electron chi connectivity index (χ3n) is 6.06. The van der Waals surface area contributed by atoms with Crippen molar-refractivity contribution in [1.82, 2.24) is 30.5 Å². The highest BCUT2D eigenvalue weighted by atomic mass is 19.4. The lowest BCUT2D eigenvalue weighted by molar-refractivity contribution is -0.192. The second kappa shape index (κ2) is 10.6. The molecule has 2 atom stereocenters. The van der Waals surface area contributed by atoms with Crippen LogP contribution >= 0.6 is 0 Å². The molecule has 0 bridgehead atoms. The second-order valence-electron chi connectivity index (χ2n) is 8.64. The highest BCUT2D eigenvalue weighted by Crippen LogP contribution is 2.29. The Labute approximate surface area is 207 Å². The highest BCUT2D eigenvalue weighted by molar-refractivity contribution is 6.05. The van der Waals surface area contributed by atoms with Crippen molar-refractivity contribution in [2.24, 2.45) is 0 Å². The van der Waals surface area contributed by atoms with E-state index in [4.69, 9.17) is 14.6 Å². The van der Waals surface area contributed by atoms with E-state index in [-0.39, 0.29) is 18.2 Å². The molecule has 3 amide bonds. The molecule has 3 aliphatic rings. The van der Waals surface area contributed by atoms with E-state index in [9.17, 15) is 27.6 Å². The topological polar surface area (TPSA) is 156 Å². The number of carboxylic acids is 1. The number of aromatic nitrogens is 3. The van der Waals surface area contributed by atoms with Gasteiger partial charge in [0, 0.05) is 37.7 Å². The van der Waals surface area contributed by atoms with Crippen LogP contribution in [0, 0.1) is 0 Å². The fraction of sp³-hybridized carbons (Fsp3) is 0.455. The van der Waals surface area contributed by atoms with Crippen molar-refractivity contribution in [3.8, 4) is 5.69 Å². The molecular formula is C22H23F3N6O6. The minimum atomic E-state index is -5.08. The number of imide groups is 1. The first-order valence-electron chi connectivity index (χ1n) is 11.3. The van der Waals surface area contributed by atoms with Gasteiger partial charge in [-0.1, -0.05) is 5.21 Å². The number of carboxylic acid groups (broad SMARTS) is 1. The Hall–Kier alpha value is -3.85. The van der Waals surface area contributed by atoms with Gasteiger partial charge in [0.15, 0.2) is 0 Å². The molecule has 15 heteroatoms. The van der Waals surface area contributed by atoms with Crippen molar-refractivity contribution in [2.75, 3.05) is 13.2 Å². The summed E-state index contributed by atoms with van der Waals surface area (Å²) in [6.45, 7) is 2.45. The number of amides is 3. The number of hydrogen-bond acceptors (Lipinski definition) is 8. The summed E-state index contributed by atoms with van der Waals surface area (Å²) >= 11 is 0. The van der Waals surface area contributed by atoms with Gasteiger partial charge in [-0.15, -0.1) is 5.10 Å². The molecule has 1 aromatic carbocycles. The van der Waals surface area contributed by atoms with Crippen molar-refractivity contribution < 1.29 is 42.2 Å². The number of fused-ring (bicyclic) bond motifs is 1. The van der Waals surface area contributed by atoms with Crippen LogP contribution in [0.25, 0.3) is 5.69 Å². The second-order valence-corrected chi connectivity index (χ2v) is 8.64. The third kappa shape index (κ3) is 6.11. The molecule has 4 heterocycles. The molecule has 0 spiro atoms. The molecule has 2 unspecified atom stereocenters. The number of benzene rings is 1. The number of nitrogens with one attached hydrogen (secondary N) is 2. The van der Waals surface area contributed by atoms with Gasteiger partial charge in [-0.25, -0.2) is 9.48 Å². The van der Waals surface area contributed by atoms with Crippen LogP contribution in [0.2, 0.25) is 0 Å². The summed E-state index contributed by atoms with van der Waals surface area (Å²) in [6, 6.07) is 5.21. The molecule has 0 saturated carbocycles. The summed E-state index contributed by atoms with van der Waals surface area (Å²) in [6.07, 6.45) is -1.64. The van der Waals surface area contributed by atoms with Crippen LogP contribution in [-0.4, -0.2) is 80.2 Å². The van der Waals surface area contributed by atoms with E-state index in [0.717, 1.165) is 36.6 Å². The van der Waals surface area contributed by atoms with Gasteiger partial charge in [0.25, 0.3) is 5.91 Å². The summed E-state index contributed by atoms with van der Waals surface area (Å²) < 4.78 is 38.8. The van der Waals surface area contributed by atoms with Gasteiger partial charge in [-0.3, -0.25) is 19.7 Å². The fourth-order valence-electron chi connectivity index (χ4n) is 4.15. The Bertz CT molecular complexity index is 1210. The van der Waals surface area contributed by atoms with Gasteiger partial charge in [-0.2, -0.15) is 13.2 Å². The molecule has 2 aromatic rings. The van der Waals surface area contributed by atoms with E-state index in [2.05, 4.69) is 20.9 Å². The summed E-state index contributed by atoms with van der Waals surface area (Å²) in [5.41, 5.74) is 3.03. The predicted molar refractivity (Wildman–Crippen MR) is 117 cm³/mol. The molecule has 12 nitrogen and oxygen atoms in total. The minimum absolute atomic E-state index is 0.187. The predicted octanol–water partition coefficient (Wildman–Crippen LogP) is 0.540. The molecular weight excluding hydrogens is 501 g/mol. The van der Waals surface area contributed by atoms with Crippen LogP contribution < -0.4 is 10.6 Å². The maximum atomic E-state index is 12.8. The summed E-state index contributed by atoms with van der Waals surface area (Å²) in [4.78, 5) is 46.8. The normalized spacial score (nSPS) is 21.4. The highest BCUT2D eigenvalue weighted by Gasteiger charge is 2.39. The summed E-state index contributed by atoms with van der Waals surface area (Å²) in [7, 11) is 0. The average Bonchev–Trinajstić information content (AvgIpc) is 3.58. The molecule has 5 rings (SSSR count). The van der Waals surface area contributed by atoms with Crippen LogP contribution in [0.1, 0.15) is 40.9 Å². The van der Waals surface area contributed by atoms with Crippen LogP contribution in [-0.2, 0) is 32.2 Å². The lowest BCUT2D eigenvalue weighted by Crippen LogP contribution is -2.52. The molecule has 3 N–H and O–H groups in total. The smallest absolute Gasteiger partial charge is 0.475 e. The lowest BCUT2D eigenvalue weighted by Gasteiger charge is -2.29. The third-order valence-corrected chi connectivity index (χ3v) is 6.06. The van der Waals surface area contributed by atoms with Crippen molar-refractivity contribution in [3.05, 3.63) is 41.2 Å². The number of aliphatic carboxylic acids is 1. The minimum Gasteiger partial charge on any atom is -0.475 e. The van der Waals surface area contributed by atoms with Crippen molar-refractivity contribution in [2.45, 2.75) is 50.6 Å². The molecule has 0 aliphatic carbocycles. The van der Waals surface area contributed by atoms with E-state index in [1.807, 2.05) is 18.3 Å². The van der Waals surface area contributed by atoms with Gasteiger partial charge >= 0.3 is 12.1 Å². The number of carbonyl (C=O) groups is 4. The van der Waals surface area contributed by atoms with Crippen molar-refractivity contribution >= 4 is 23.7 Å². The standard InChI is InChI=1S/C20H22N6O4.C2HF3O2/c27-18-4-3-17(19(28)22-18)25-9-12-7-15(1-2-16(12)20(25)29)26-10-14(23-24-26)8-21-13-5-6-30-11-13;3-2(4,5)1(6)7/h1-2,7,10,13,17,21H,3-6,8-9,11H2,(H,22,27,28);(H,6,7). The van der Waals surface area contributed by atoms with Crippen LogP contribution in [0.4, 0.5) is 13.2 Å². The quantitative estimate of drug-likeness (QED) is 0.475. The van der Waals surface area contributed by atoms with E-state index in [1.54, 1.807) is 10.7 Å². The molecule has 1 aromatic heterocycles. The maximum Gasteiger partial charge on any atom is 0.490 e. The molecule has 198 valence electrons. The van der Waals surface area contributed by atoms with Gasteiger partial charge in [0.05, 0.1) is 24.2 Å². The maximum absolute atomic E-state index is 12.8. The Morgan fingerprint density at radius 2 is 2.00 bits per heavy atom. The Morgan fingerprint density at radius 3 is 2.65 bits per heavy atom. The lowest BCUT2D eigenvalue weighted by atomic mass is 10.0. The Morgan fingerprint density at radius 1 is 1.24 bits per heavy atom. The fourth-order valence-corrected chi connectivity index (χ4v) is 4.15. The molecule has 0 radical (unpaired) electrons. The first-order valence-corrected chi connectivity index (χ1v) is 11.3. The van der Waals surface area contributed by atoms with Crippen molar-refractivity contribution in [3.63, 3.8) is 0 Å². The average molecular weight is 524 g/mol. The van der Waals surface area contributed by atoms with E-state index >= 15 is 0 Å². The number of carbonyl (C=O) groups excluding carboxylic acids is 3. The number of piperidine rings is 1. The zero-order valence-corrected chi connectivity index (χ0v) is 19.3. The number of ether oxygens (including phenoxy) is 1. The SMILES string of the molecule is O=C(O)C(F)(F)F.O=C1CCC(N2Cc3cc(-n4cc(CNC5CCOC5)nn4)ccc3C2=O)C(=O)N1. The molecule has 2 fully saturated rings. The molecule has 37 heavy (non-hydrogen) atoms. The molecule has 3 aliphatic heterocycles. The number of hydrogen-bond donors (Lipinski definition) is 3. The first kappa shape index (κ1) is 26.2. The van der Waals surface area contributed by atoms with Crippen LogP contribution in [0.3, 0.4) is 0 Å². The van der Waals surface area contributed by atoms with Crippen LogP contribution in [0.5, 0.6) is 0 Å². The van der Waals surface area contributed by atoms with Crippen molar-refractivity contribution in [1.29, 1.82) is 0 Å². The van der Waals surface area contributed by atoms with Crippen LogP contribution in [0.15, 0.2) is 24.4 Å². The summed E-state index contributed by atoms with van der Waals surface area (Å²) in [5, 5.41) is 21.3. The van der Waals surface area contributed by atoms with Gasteiger partial charge in [0.2, 0.25) is 11.8 Å². The number of alkyl halides is 3.